The molecule has 0 saturated heterocycles. The van der Waals surface area contributed by atoms with E-state index in [4.69, 9.17) is 5.84 Å². The number of hydrogen-bond acceptors (Lipinski definition) is 5. The largest absolute Gasteiger partial charge is 0.350 e. The quantitative estimate of drug-likeness (QED) is 0.515. The Morgan fingerprint density at radius 1 is 1.47 bits per heavy atom. The highest BCUT2D eigenvalue weighted by molar-refractivity contribution is 5.92. The van der Waals surface area contributed by atoms with Gasteiger partial charge in [0.2, 0.25) is 0 Å². The summed E-state index contributed by atoms with van der Waals surface area (Å²) in [6.07, 6.45) is 3.51. The summed E-state index contributed by atoms with van der Waals surface area (Å²) in [6, 6.07) is 3.22. The smallest absolute Gasteiger partial charge is 0.271 e. The van der Waals surface area contributed by atoms with Crippen molar-refractivity contribution < 1.29 is 4.79 Å². The maximum Gasteiger partial charge on any atom is 0.271 e. The lowest BCUT2D eigenvalue weighted by molar-refractivity contribution is 0.0938. The van der Waals surface area contributed by atoms with Gasteiger partial charge in [0.15, 0.2) is 11.5 Å². The number of hydrogen-bond donors (Lipinski definition) is 3. The van der Waals surface area contributed by atoms with Gasteiger partial charge in [-0.3, -0.25) is 4.79 Å². The zero-order valence-electron chi connectivity index (χ0n) is 9.86. The topological polar surface area (TPSA) is 92.9 Å². The third kappa shape index (κ3) is 2.71. The van der Waals surface area contributed by atoms with E-state index in [1.807, 2.05) is 0 Å². The fourth-order valence-corrected chi connectivity index (χ4v) is 1.72. The van der Waals surface area contributed by atoms with Crippen molar-refractivity contribution in [2.45, 2.75) is 26.2 Å². The van der Waals surface area contributed by atoms with E-state index < -0.39 is 0 Å². The molecule has 92 valence electrons. The van der Waals surface area contributed by atoms with Crippen LogP contribution in [-0.2, 0) is 0 Å². The lowest BCUT2D eigenvalue weighted by atomic mass is 10.0. The molecule has 0 aliphatic heterocycles. The molecule has 1 saturated carbocycles. The predicted octanol–water partition coefficient (Wildman–Crippen LogP) is 0.682. The lowest BCUT2D eigenvalue weighted by Gasteiger charge is -2.12. The van der Waals surface area contributed by atoms with Gasteiger partial charge in [0, 0.05) is 6.54 Å². The number of nitrogen functional groups attached to an aromatic ring is 1. The molecule has 0 bridgehead atoms. The number of hydrazine groups is 1. The molecule has 0 atom stereocenters. The zero-order valence-corrected chi connectivity index (χ0v) is 9.86. The van der Waals surface area contributed by atoms with Gasteiger partial charge in [0.05, 0.1) is 0 Å². The summed E-state index contributed by atoms with van der Waals surface area (Å²) in [6.45, 7) is 2.88. The SMILES string of the molecule is CCC1(CNC(=O)c2ccc(NN)nn2)CC1. The van der Waals surface area contributed by atoms with Crippen molar-refractivity contribution in [2.75, 3.05) is 12.0 Å². The number of anilines is 1. The first-order valence-corrected chi connectivity index (χ1v) is 5.78. The van der Waals surface area contributed by atoms with Crippen LogP contribution in [0, 0.1) is 5.41 Å². The first-order valence-electron chi connectivity index (χ1n) is 5.78. The third-order valence-electron chi connectivity index (χ3n) is 3.38. The summed E-state index contributed by atoms with van der Waals surface area (Å²) in [5.41, 5.74) is 3.01. The van der Waals surface area contributed by atoms with E-state index in [0.29, 0.717) is 16.9 Å². The second kappa shape index (κ2) is 4.67. The highest BCUT2D eigenvalue weighted by Gasteiger charge is 2.40. The fraction of sp³-hybridized carbons (Fsp3) is 0.545. The maximum absolute atomic E-state index is 11.8. The van der Waals surface area contributed by atoms with Crippen LogP contribution < -0.4 is 16.6 Å². The van der Waals surface area contributed by atoms with E-state index in [1.165, 1.54) is 12.8 Å². The number of nitrogens with two attached hydrogens (primary N) is 1. The molecule has 1 aromatic heterocycles. The van der Waals surface area contributed by atoms with Crippen molar-refractivity contribution in [1.29, 1.82) is 0 Å². The van der Waals surface area contributed by atoms with Gasteiger partial charge in [0.1, 0.15) is 0 Å². The Hall–Kier alpha value is -1.69. The summed E-state index contributed by atoms with van der Waals surface area (Å²) < 4.78 is 0. The molecule has 0 spiro atoms. The van der Waals surface area contributed by atoms with Gasteiger partial charge < -0.3 is 10.7 Å². The van der Waals surface area contributed by atoms with Gasteiger partial charge in [0.25, 0.3) is 5.91 Å². The predicted molar refractivity (Wildman–Crippen MR) is 64.1 cm³/mol. The van der Waals surface area contributed by atoms with Crippen molar-refractivity contribution in [3.8, 4) is 0 Å². The molecule has 4 N–H and O–H groups in total. The Labute approximate surface area is 100.0 Å². The normalized spacial score (nSPS) is 16.4. The van der Waals surface area contributed by atoms with Gasteiger partial charge in [-0.2, -0.15) is 0 Å². The van der Waals surface area contributed by atoms with E-state index in [-0.39, 0.29) is 5.91 Å². The Kier molecular flexibility index (Phi) is 3.23. The summed E-state index contributed by atoms with van der Waals surface area (Å²) in [7, 11) is 0. The second-order valence-electron chi connectivity index (χ2n) is 4.48. The number of rotatable bonds is 5. The molecule has 17 heavy (non-hydrogen) atoms. The molecular formula is C11H17N5O. The van der Waals surface area contributed by atoms with Gasteiger partial charge in [-0.25, -0.2) is 5.84 Å². The number of amides is 1. The van der Waals surface area contributed by atoms with E-state index in [0.717, 1.165) is 13.0 Å². The number of nitrogens with zero attached hydrogens (tertiary/aromatic N) is 2. The monoisotopic (exact) mass is 235 g/mol. The number of aromatic nitrogens is 2. The molecular weight excluding hydrogens is 218 g/mol. The zero-order chi connectivity index (χ0) is 12.3. The Balaban J connectivity index is 1.90. The van der Waals surface area contributed by atoms with Gasteiger partial charge >= 0.3 is 0 Å². The molecule has 1 aliphatic rings. The molecule has 1 amide bonds. The van der Waals surface area contributed by atoms with Crippen molar-refractivity contribution >= 4 is 11.7 Å². The van der Waals surface area contributed by atoms with Crippen molar-refractivity contribution in [3.05, 3.63) is 17.8 Å². The van der Waals surface area contributed by atoms with Crippen LogP contribution in [0.1, 0.15) is 36.7 Å². The minimum absolute atomic E-state index is 0.180. The molecule has 0 aromatic carbocycles. The van der Waals surface area contributed by atoms with Gasteiger partial charge in [-0.05, 0) is 36.8 Å². The molecule has 1 heterocycles. The minimum atomic E-state index is -0.180. The van der Waals surface area contributed by atoms with E-state index in [1.54, 1.807) is 12.1 Å². The highest BCUT2D eigenvalue weighted by atomic mass is 16.1. The van der Waals surface area contributed by atoms with Crippen molar-refractivity contribution in [2.24, 2.45) is 11.3 Å². The average molecular weight is 235 g/mol. The first kappa shape index (κ1) is 11.8. The average Bonchev–Trinajstić information content (AvgIpc) is 3.17. The molecule has 2 rings (SSSR count). The third-order valence-corrected chi connectivity index (χ3v) is 3.38. The van der Waals surface area contributed by atoms with Crippen molar-refractivity contribution in [3.63, 3.8) is 0 Å². The molecule has 6 nitrogen and oxygen atoms in total. The van der Waals surface area contributed by atoms with Crippen LogP contribution in [0.2, 0.25) is 0 Å². The number of carbonyl (C=O) groups is 1. The fourth-order valence-electron chi connectivity index (χ4n) is 1.72. The molecule has 1 fully saturated rings. The standard InChI is InChI=1S/C11H17N5O/c1-2-11(5-6-11)7-13-10(17)8-3-4-9(14-12)16-15-8/h3-4H,2,5-7,12H2,1H3,(H,13,17)(H,14,16). The molecule has 6 heteroatoms. The highest BCUT2D eigenvalue weighted by Crippen LogP contribution is 2.47. The van der Waals surface area contributed by atoms with E-state index in [2.05, 4.69) is 27.9 Å². The van der Waals surface area contributed by atoms with E-state index >= 15 is 0 Å². The Morgan fingerprint density at radius 2 is 2.24 bits per heavy atom. The Morgan fingerprint density at radius 3 is 2.71 bits per heavy atom. The Bertz CT molecular complexity index is 399. The van der Waals surface area contributed by atoms with Crippen LogP contribution in [0.25, 0.3) is 0 Å². The summed E-state index contributed by atoms with van der Waals surface area (Å²) in [5.74, 6) is 5.42. The number of carbonyl (C=O) groups excluding carboxylic acids is 1. The van der Waals surface area contributed by atoms with Crippen LogP contribution in [0.3, 0.4) is 0 Å². The summed E-state index contributed by atoms with van der Waals surface area (Å²) >= 11 is 0. The minimum Gasteiger partial charge on any atom is -0.350 e. The molecule has 1 aliphatic carbocycles. The van der Waals surface area contributed by atoms with Crippen LogP contribution in [0.5, 0.6) is 0 Å². The second-order valence-corrected chi connectivity index (χ2v) is 4.48. The maximum atomic E-state index is 11.8. The molecule has 0 unspecified atom stereocenters. The first-order chi connectivity index (χ1) is 8.19. The van der Waals surface area contributed by atoms with Crippen LogP contribution >= 0.6 is 0 Å². The van der Waals surface area contributed by atoms with Crippen LogP contribution in [0.4, 0.5) is 5.82 Å². The molecule has 1 aromatic rings. The lowest BCUT2D eigenvalue weighted by Crippen LogP contribution is -2.30. The van der Waals surface area contributed by atoms with Gasteiger partial charge in [-0.1, -0.05) is 6.92 Å². The van der Waals surface area contributed by atoms with Crippen molar-refractivity contribution in [1.82, 2.24) is 15.5 Å². The van der Waals surface area contributed by atoms with E-state index in [9.17, 15) is 4.79 Å². The summed E-state index contributed by atoms with van der Waals surface area (Å²) in [4.78, 5) is 11.8. The van der Waals surface area contributed by atoms with Crippen LogP contribution in [-0.4, -0.2) is 22.6 Å². The summed E-state index contributed by atoms with van der Waals surface area (Å²) in [5, 5.41) is 10.4. The number of nitrogens with one attached hydrogen (secondary N) is 2. The molecule has 0 radical (unpaired) electrons. The van der Waals surface area contributed by atoms with Gasteiger partial charge in [-0.15, -0.1) is 10.2 Å². The van der Waals surface area contributed by atoms with Crippen LogP contribution in [0.15, 0.2) is 12.1 Å².